The smallest absolute Gasteiger partial charge is 0.418 e. The number of ether oxygens (including phenoxy) is 1. The summed E-state index contributed by atoms with van der Waals surface area (Å²) < 4.78 is 68.3. The summed E-state index contributed by atoms with van der Waals surface area (Å²) in [6.07, 6.45) is -2.61. The van der Waals surface area contributed by atoms with Crippen molar-refractivity contribution < 1.29 is 31.1 Å². The lowest BCUT2D eigenvalue weighted by atomic mass is 10.1. The fraction of sp³-hybridized carbons (Fsp3) is 0.353. The number of carbonyl (C=O) groups is 1. The van der Waals surface area contributed by atoms with Gasteiger partial charge in [-0.3, -0.25) is 0 Å². The highest BCUT2D eigenvalue weighted by molar-refractivity contribution is 7.90. The number of rotatable bonds is 5. The third-order valence-corrected chi connectivity index (χ3v) is 5.13. The molecule has 0 aromatic heterocycles. The molecule has 0 spiro atoms. The molecule has 0 radical (unpaired) electrons. The van der Waals surface area contributed by atoms with Crippen LogP contribution in [0.4, 0.5) is 18.9 Å². The van der Waals surface area contributed by atoms with Crippen molar-refractivity contribution in [2.24, 2.45) is 5.73 Å². The van der Waals surface area contributed by atoms with Gasteiger partial charge in [0.1, 0.15) is 0 Å². The SMILES string of the molecule is CCOC(=O)C1=C(C)C(Nc2ccc(S(C)(=O)=O)cc2C(F)(F)F)C(N)=C1. The predicted molar refractivity (Wildman–Crippen MR) is 93.6 cm³/mol. The van der Waals surface area contributed by atoms with Crippen LogP contribution in [0.2, 0.25) is 0 Å². The van der Waals surface area contributed by atoms with Crippen LogP contribution >= 0.6 is 0 Å². The summed E-state index contributed by atoms with van der Waals surface area (Å²) in [7, 11) is -3.81. The number of sulfone groups is 1. The number of hydrogen-bond acceptors (Lipinski definition) is 6. The van der Waals surface area contributed by atoms with E-state index in [-0.39, 0.29) is 23.6 Å². The molecule has 0 heterocycles. The van der Waals surface area contributed by atoms with Crippen molar-refractivity contribution in [3.8, 4) is 0 Å². The zero-order chi connectivity index (χ0) is 20.6. The average Bonchev–Trinajstić information content (AvgIpc) is 2.81. The first-order valence-corrected chi connectivity index (χ1v) is 9.78. The molecule has 1 aliphatic carbocycles. The molecule has 0 fully saturated rings. The molecule has 3 N–H and O–H groups in total. The van der Waals surface area contributed by atoms with E-state index in [9.17, 15) is 26.4 Å². The second-order valence-electron chi connectivity index (χ2n) is 6.02. The molecule has 0 aliphatic heterocycles. The number of halogens is 3. The Hall–Kier alpha value is -2.49. The van der Waals surface area contributed by atoms with Crippen molar-refractivity contribution in [3.63, 3.8) is 0 Å². The molecule has 1 atom stereocenters. The summed E-state index contributed by atoms with van der Waals surface area (Å²) in [5, 5.41) is 2.65. The minimum Gasteiger partial charge on any atom is -0.462 e. The lowest BCUT2D eigenvalue weighted by Gasteiger charge is -2.22. The van der Waals surface area contributed by atoms with Crippen molar-refractivity contribution in [2.45, 2.75) is 31.0 Å². The maximum absolute atomic E-state index is 13.4. The Morgan fingerprint density at radius 2 is 1.96 bits per heavy atom. The molecule has 0 saturated heterocycles. The van der Waals surface area contributed by atoms with Crippen LogP contribution in [0.1, 0.15) is 19.4 Å². The molecular weight excluding hydrogens is 385 g/mol. The van der Waals surface area contributed by atoms with Crippen LogP contribution in [-0.4, -0.2) is 33.3 Å². The molecule has 0 amide bonds. The average molecular weight is 404 g/mol. The van der Waals surface area contributed by atoms with E-state index in [2.05, 4.69) is 5.32 Å². The lowest BCUT2D eigenvalue weighted by Crippen LogP contribution is -2.27. The topological polar surface area (TPSA) is 98.5 Å². The number of alkyl halides is 3. The van der Waals surface area contributed by atoms with E-state index in [0.29, 0.717) is 11.6 Å². The van der Waals surface area contributed by atoms with Gasteiger partial charge in [0.2, 0.25) is 0 Å². The Kier molecular flexibility index (Phi) is 5.60. The Labute approximate surface area is 154 Å². The standard InChI is InChI=1S/C17H19F3N2O4S/c1-4-26-16(23)11-8-13(21)15(9(11)2)22-14-6-5-10(27(3,24)25)7-12(14)17(18,19)20/h5-8,15,22H,4,21H2,1-3H3. The second kappa shape index (κ2) is 7.26. The number of esters is 1. The van der Waals surface area contributed by atoms with Gasteiger partial charge >= 0.3 is 12.1 Å². The molecule has 1 aromatic carbocycles. The van der Waals surface area contributed by atoms with Crippen LogP contribution in [0.25, 0.3) is 0 Å². The molecule has 27 heavy (non-hydrogen) atoms. The van der Waals surface area contributed by atoms with E-state index in [4.69, 9.17) is 10.5 Å². The van der Waals surface area contributed by atoms with Crippen LogP contribution in [0.3, 0.4) is 0 Å². The van der Waals surface area contributed by atoms with Crippen molar-refractivity contribution in [3.05, 3.63) is 46.7 Å². The Morgan fingerprint density at radius 1 is 1.33 bits per heavy atom. The van der Waals surface area contributed by atoms with E-state index in [0.717, 1.165) is 18.4 Å². The Balaban J connectivity index is 2.46. The van der Waals surface area contributed by atoms with Crippen LogP contribution in [0, 0.1) is 0 Å². The maximum Gasteiger partial charge on any atom is 0.418 e. The minimum absolute atomic E-state index is 0.145. The van der Waals surface area contributed by atoms with Crippen molar-refractivity contribution in [2.75, 3.05) is 18.2 Å². The summed E-state index contributed by atoms with van der Waals surface area (Å²) >= 11 is 0. The molecule has 1 unspecified atom stereocenters. The van der Waals surface area contributed by atoms with Gasteiger partial charge in [-0.15, -0.1) is 0 Å². The fourth-order valence-electron chi connectivity index (χ4n) is 2.66. The van der Waals surface area contributed by atoms with Crippen molar-refractivity contribution in [1.82, 2.24) is 0 Å². The summed E-state index contributed by atoms with van der Waals surface area (Å²) in [5.41, 5.74) is 5.11. The van der Waals surface area contributed by atoms with Gasteiger partial charge in [-0.2, -0.15) is 13.2 Å². The predicted octanol–water partition coefficient (Wildman–Crippen LogP) is 2.63. The second-order valence-corrected chi connectivity index (χ2v) is 8.03. The Morgan fingerprint density at radius 3 is 2.48 bits per heavy atom. The van der Waals surface area contributed by atoms with E-state index in [1.54, 1.807) is 13.8 Å². The zero-order valence-electron chi connectivity index (χ0n) is 14.8. The molecule has 2 rings (SSSR count). The van der Waals surface area contributed by atoms with Crippen LogP contribution < -0.4 is 11.1 Å². The van der Waals surface area contributed by atoms with E-state index < -0.39 is 38.5 Å². The molecule has 148 valence electrons. The van der Waals surface area contributed by atoms with E-state index in [1.165, 1.54) is 6.08 Å². The zero-order valence-corrected chi connectivity index (χ0v) is 15.7. The number of benzene rings is 1. The van der Waals surface area contributed by atoms with E-state index in [1.807, 2.05) is 0 Å². The summed E-state index contributed by atoms with van der Waals surface area (Å²) in [6.45, 7) is 3.33. The summed E-state index contributed by atoms with van der Waals surface area (Å²) in [5.74, 6) is -0.620. The van der Waals surface area contributed by atoms with Crippen LogP contribution in [0.15, 0.2) is 46.0 Å². The first-order valence-electron chi connectivity index (χ1n) is 7.89. The molecule has 1 aromatic rings. The van der Waals surface area contributed by atoms with Gasteiger partial charge in [-0.1, -0.05) is 0 Å². The molecule has 0 bridgehead atoms. The highest BCUT2D eigenvalue weighted by Gasteiger charge is 2.36. The third-order valence-electron chi connectivity index (χ3n) is 4.02. The number of anilines is 1. The quantitative estimate of drug-likeness (QED) is 0.732. The molecular formula is C17H19F3N2O4S. The highest BCUT2D eigenvalue weighted by atomic mass is 32.2. The van der Waals surface area contributed by atoms with Crippen molar-refractivity contribution in [1.29, 1.82) is 0 Å². The first kappa shape index (κ1) is 20.8. The van der Waals surface area contributed by atoms with Gasteiger partial charge in [0, 0.05) is 17.6 Å². The number of carbonyl (C=O) groups excluding carboxylic acids is 1. The van der Waals surface area contributed by atoms with E-state index >= 15 is 0 Å². The molecule has 6 nitrogen and oxygen atoms in total. The normalized spacial score (nSPS) is 17.7. The first-order chi connectivity index (χ1) is 12.4. The van der Waals surface area contributed by atoms with Crippen LogP contribution in [-0.2, 0) is 25.5 Å². The fourth-order valence-corrected chi connectivity index (χ4v) is 3.31. The molecule has 1 aliphatic rings. The largest absolute Gasteiger partial charge is 0.462 e. The number of nitrogens with one attached hydrogen (secondary N) is 1. The molecule has 0 saturated carbocycles. The number of hydrogen-bond donors (Lipinski definition) is 2. The summed E-state index contributed by atoms with van der Waals surface area (Å²) in [4.78, 5) is 11.5. The molecule has 10 heteroatoms. The Bertz CT molecular complexity index is 934. The van der Waals surface area contributed by atoms with Gasteiger partial charge in [0.25, 0.3) is 0 Å². The highest BCUT2D eigenvalue weighted by Crippen LogP contribution is 2.38. The monoisotopic (exact) mass is 404 g/mol. The summed E-state index contributed by atoms with van der Waals surface area (Å²) in [6, 6.07) is 1.82. The van der Waals surface area contributed by atoms with Gasteiger partial charge < -0.3 is 15.8 Å². The lowest BCUT2D eigenvalue weighted by molar-refractivity contribution is -0.138. The van der Waals surface area contributed by atoms with Gasteiger partial charge in [-0.25, -0.2) is 13.2 Å². The van der Waals surface area contributed by atoms with Crippen LogP contribution in [0.5, 0.6) is 0 Å². The number of nitrogens with two attached hydrogens (primary N) is 1. The van der Waals surface area contributed by atoms with Gasteiger partial charge in [-0.05, 0) is 43.7 Å². The maximum atomic E-state index is 13.4. The third kappa shape index (κ3) is 4.44. The van der Waals surface area contributed by atoms with Crippen molar-refractivity contribution >= 4 is 21.5 Å². The van der Waals surface area contributed by atoms with Gasteiger partial charge in [0.15, 0.2) is 9.84 Å². The minimum atomic E-state index is -4.79. The van der Waals surface area contributed by atoms with Gasteiger partial charge in [0.05, 0.1) is 28.7 Å².